The average molecular weight is 706 g/mol. The van der Waals surface area contributed by atoms with E-state index in [1.807, 2.05) is 100 Å². The van der Waals surface area contributed by atoms with E-state index >= 15 is 14.4 Å². The Hall–Kier alpha value is -4.73. The molecule has 9 nitrogen and oxygen atoms in total. The summed E-state index contributed by atoms with van der Waals surface area (Å²) in [6, 6.07) is 21.1. The lowest BCUT2D eigenvalue weighted by molar-refractivity contribution is -0.149. The number of ether oxygens (including phenoxy) is 2. The Morgan fingerprint density at radius 1 is 0.981 bits per heavy atom. The number of nitrogens with zero attached hydrogens (tertiary/aromatic N) is 3. The van der Waals surface area contributed by atoms with Gasteiger partial charge in [-0.05, 0) is 93.5 Å². The summed E-state index contributed by atoms with van der Waals surface area (Å²) in [6.45, 7) is 16.3. The number of amides is 3. The number of likely N-dealkylation sites (tertiary alicyclic amines) is 1. The van der Waals surface area contributed by atoms with E-state index in [0.29, 0.717) is 43.7 Å². The molecule has 3 aromatic carbocycles. The predicted octanol–water partition coefficient (Wildman–Crippen LogP) is 6.20. The van der Waals surface area contributed by atoms with E-state index in [0.717, 1.165) is 22.4 Å². The maximum atomic E-state index is 15.4. The third-order valence-electron chi connectivity index (χ3n) is 11.3. The molecule has 52 heavy (non-hydrogen) atoms. The van der Waals surface area contributed by atoms with Crippen molar-refractivity contribution in [2.45, 2.75) is 76.7 Å². The van der Waals surface area contributed by atoms with E-state index in [4.69, 9.17) is 9.47 Å². The van der Waals surface area contributed by atoms with Crippen LogP contribution in [0, 0.1) is 25.7 Å². The van der Waals surface area contributed by atoms with Crippen LogP contribution in [0.5, 0.6) is 5.75 Å². The second kappa shape index (κ2) is 15.1. The zero-order valence-electron chi connectivity index (χ0n) is 30.8. The number of hydrogen-bond acceptors (Lipinski definition) is 6. The third-order valence-corrected chi connectivity index (χ3v) is 11.3. The average Bonchev–Trinajstić information content (AvgIpc) is 3.77. The molecule has 0 aromatic heterocycles. The number of carbonyl (C=O) groups excluding carboxylic acids is 3. The minimum absolute atomic E-state index is 0.205. The molecule has 3 saturated heterocycles. The second-order valence-corrected chi connectivity index (χ2v) is 14.3. The molecule has 3 heterocycles. The highest BCUT2D eigenvalue weighted by atomic mass is 16.5. The van der Waals surface area contributed by atoms with Crippen LogP contribution in [-0.4, -0.2) is 77.3 Å². The Labute approximate surface area is 307 Å². The first-order valence-electron chi connectivity index (χ1n) is 18.4. The van der Waals surface area contributed by atoms with Crippen molar-refractivity contribution >= 4 is 29.1 Å². The lowest BCUT2D eigenvalue weighted by atomic mass is 9.64. The van der Waals surface area contributed by atoms with E-state index in [2.05, 4.69) is 13.2 Å². The van der Waals surface area contributed by atoms with Gasteiger partial charge in [0.25, 0.3) is 5.91 Å². The van der Waals surface area contributed by atoms with Crippen molar-refractivity contribution in [3.8, 4) is 5.75 Å². The van der Waals surface area contributed by atoms with Crippen LogP contribution in [0.1, 0.15) is 49.8 Å². The highest BCUT2D eigenvalue weighted by Crippen LogP contribution is 2.65. The zero-order chi connectivity index (χ0) is 37.2. The highest BCUT2D eigenvalue weighted by Gasteiger charge is 2.79. The third kappa shape index (κ3) is 6.24. The Bertz CT molecular complexity index is 1810. The van der Waals surface area contributed by atoms with Gasteiger partial charge in [0, 0.05) is 24.5 Å². The largest absolute Gasteiger partial charge is 0.494 e. The lowest BCUT2D eigenvalue weighted by Gasteiger charge is -2.40. The SMILES string of the molecule is C=CCN(C(=O)[C@@H]1[C@H]2C(=O)N([C@@H](CO)Cc3ccccc3)C(C(=O)N(CC=C)c3cc(C)ccc3C)C23CC[C@@]1(CC)O3)c1ccc(OCC)cc1. The van der Waals surface area contributed by atoms with Crippen molar-refractivity contribution in [3.05, 3.63) is 115 Å². The number of carbonyl (C=O) groups is 3. The molecule has 2 bridgehead atoms. The summed E-state index contributed by atoms with van der Waals surface area (Å²) < 4.78 is 12.8. The number of aryl methyl sites for hydroxylation is 2. The highest BCUT2D eigenvalue weighted by molar-refractivity contribution is 6.07. The predicted molar refractivity (Wildman–Crippen MR) is 203 cm³/mol. The molecule has 3 aliphatic rings. The summed E-state index contributed by atoms with van der Waals surface area (Å²) in [7, 11) is 0. The van der Waals surface area contributed by atoms with Gasteiger partial charge >= 0.3 is 0 Å². The van der Waals surface area contributed by atoms with Crippen molar-refractivity contribution in [3.63, 3.8) is 0 Å². The zero-order valence-corrected chi connectivity index (χ0v) is 30.8. The van der Waals surface area contributed by atoms with Crippen LogP contribution in [0.15, 0.2) is 98.1 Å². The van der Waals surface area contributed by atoms with Crippen molar-refractivity contribution in [2.24, 2.45) is 11.8 Å². The summed E-state index contributed by atoms with van der Waals surface area (Å²) in [4.78, 5) is 50.6. The summed E-state index contributed by atoms with van der Waals surface area (Å²) >= 11 is 0. The molecule has 2 unspecified atom stereocenters. The van der Waals surface area contributed by atoms with Crippen LogP contribution in [0.4, 0.5) is 11.4 Å². The van der Waals surface area contributed by atoms with E-state index in [1.54, 1.807) is 26.9 Å². The van der Waals surface area contributed by atoms with Crippen LogP contribution < -0.4 is 14.5 Å². The fourth-order valence-corrected chi connectivity index (χ4v) is 8.94. The maximum absolute atomic E-state index is 15.4. The first-order chi connectivity index (χ1) is 25.1. The molecule has 3 aromatic rings. The topological polar surface area (TPSA) is 99.6 Å². The fourth-order valence-electron chi connectivity index (χ4n) is 8.94. The van der Waals surface area contributed by atoms with Crippen molar-refractivity contribution in [1.82, 2.24) is 4.90 Å². The van der Waals surface area contributed by atoms with E-state index < -0.39 is 35.1 Å². The molecule has 3 fully saturated rings. The number of hydrogen-bond donors (Lipinski definition) is 1. The molecule has 1 N–H and O–H groups in total. The van der Waals surface area contributed by atoms with Gasteiger partial charge in [-0.25, -0.2) is 0 Å². The van der Waals surface area contributed by atoms with E-state index in [-0.39, 0.29) is 37.4 Å². The Kier molecular flexibility index (Phi) is 10.7. The van der Waals surface area contributed by atoms with Gasteiger partial charge in [0.2, 0.25) is 11.8 Å². The van der Waals surface area contributed by atoms with E-state index in [9.17, 15) is 5.11 Å². The van der Waals surface area contributed by atoms with Crippen LogP contribution >= 0.6 is 0 Å². The lowest BCUT2D eigenvalue weighted by Crippen LogP contribution is -2.59. The summed E-state index contributed by atoms with van der Waals surface area (Å²) in [5.74, 6) is -2.02. The standard InChI is InChI=1S/C43H51N3O6/c1-7-24-44(32-18-20-34(21-19-32)51-10-4)39(48)36-37-40(49)46(33(28-47)27-31-14-12-11-13-15-31)38(43(37)23-22-42(36,9-3)52-43)41(50)45(25-8-2)35-26-29(5)16-17-30(35)6/h7-8,11-21,26,33,36-38,47H,1-2,9-10,22-25,27-28H2,3-6H3/t33-,36+,37+,38?,42-,43?/m1/s1. The van der Waals surface area contributed by atoms with Crippen molar-refractivity contribution in [2.75, 3.05) is 36.1 Å². The molecule has 274 valence electrons. The normalized spacial score (nSPS) is 25.1. The summed E-state index contributed by atoms with van der Waals surface area (Å²) in [5, 5.41) is 11.0. The Morgan fingerprint density at radius 3 is 2.31 bits per heavy atom. The molecule has 3 aliphatic heterocycles. The number of fused-ring (bicyclic) bond motifs is 1. The molecule has 6 rings (SSSR count). The van der Waals surface area contributed by atoms with Gasteiger partial charge in [0.1, 0.15) is 17.4 Å². The van der Waals surface area contributed by atoms with Gasteiger partial charge in [-0.2, -0.15) is 0 Å². The van der Waals surface area contributed by atoms with Crippen molar-refractivity contribution in [1.29, 1.82) is 0 Å². The van der Waals surface area contributed by atoms with Gasteiger partial charge in [-0.15, -0.1) is 13.2 Å². The minimum Gasteiger partial charge on any atom is -0.494 e. The molecule has 3 amide bonds. The van der Waals surface area contributed by atoms with Crippen LogP contribution in [-0.2, 0) is 25.5 Å². The quantitative estimate of drug-likeness (QED) is 0.189. The first-order valence-corrected chi connectivity index (χ1v) is 18.4. The minimum atomic E-state index is -1.29. The van der Waals surface area contributed by atoms with Gasteiger partial charge in [0.15, 0.2) is 0 Å². The van der Waals surface area contributed by atoms with Crippen LogP contribution in [0.2, 0.25) is 0 Å². The molecule has 0 aliphatic carbocycles. The first kappa shape index (κ1) is 37.0. The molecule has 0 radical (unpaired) electrons. The number of rotatable bonds is 15. The molecule has 0 saturated carbocycles. The number of benzene rings is 3. The van der Waals surface area contributed by atoms with Gasteiger partial charge < -0.3 is 29.3 Å². The van der Waals surface area contributed by atoms with Gasteiger partial charge in [-0.3, -0.25) is 14.4 Å². The van der Waals surface area contributed by atoms with Gasteiger partial charge in [-0.1, -0.05) is 61.5 Å². The summed E-state index contributed by atoms with van der Waals surface area (Å²) in [5.41, 5.74) is 1.94. The monoisotopic (exact) mass is 705 g/mol. The summed E-state index contributed by atoms with van der Waals surface area (Å²) in [6.07, 6.45) is 5.11. The molecular formula is C43H51N3O6. The van der Waals surface area contributed by atoms with Gasteiger partial charge in [0.05, 0.1) is 36.7 Å². The Balaban J connectivity index is 1.49. The van der Waals surface area contributed by atoms with Crippen LogP contribution in [0.3, 0.4) is 0 Å². The maximum Gasteiger partial charge on any atom is 0.253 e. The molecule has 6 atom stereocenters. The number of aliphatic hydroxyl groups is 1. The van der Waals surface area contributed by atoms with Crippen molar-refractivity contribution < 1.29 is 29.0 Å². The molecular weight excluding hydrogens is 654 g/mol. The number of aliphatic hydroxyl groups excluding tert-OH is 1. The smallest absolute Gasteiger partial charge is 0.253 e. The molecule has 1 spiro atoms. The second-order valence-electron chi connectivity index (χ2n) is 14.3. The Morgan fingerprint density at radius 2 is 1.67 bits per heavy atom. The fraction of sp³-hybridized carbons (Fsp3) is 0.419. The molecule has 9 heteroatoms. The number of anilines is 2. The van der Waals surface area contributed by atoms with E-state index in [1.165, 1.54) is 0 Å². The van der Waals surface area contributed by atoms with Crippen LogP contribution in [0.25, 0.3) is 0 Å².